The fourth-order valence-corrected chi connectivity index (χ4v) is 3.08. The molecule has 0 aliphatic heterocycles. The van der Waals surface area contributed by atoms with Gasteiger partial charge in [0.2, 0.25) is 5.89 Å². The topological polar surface area (TPSA) is 70.2 Å². The standard InChI is InChI=1S/C14H13N3O3S/c1-8-9(6-12(21-8)13-15-4-5-20-13)11-7-10(14(18)19-3)16-17(11)2/h4-7H,1-3H3. The molecule has 3 aromatic heterocycles. The molecule has 0 amide bonds. The van der Waals surface area contributed by atoms with Crippen LogP contribution < -0.4 is 0 Å². The number of methoxy groups -OCH3 is 1. The van der Waals surface area contributed by atoms with Crippen molar-refractivity contribution in [2.45, 2.75) is 6.92 Å². The van der Waals surface area contributed by atoms with Gasteiger partial charge in [0.1, 0.15) is 6.26 Å². The molecule has 3 heterocycles. The molecule has 0 atom stereocenters. The summed E-state index contributed by atoms with van der Waals surface area (Å²) in [6, 6.07) is 3.71. The van der Waals surface area contributed by atoms with Crippen LogP contribution in [0.2, 0.25) is 0 Å². The van der Waals surface area contributed by atoms with Gasteiger partial charge in [-0.1, -0.05) is 0 Å². The Balaban J connectivity index is 2.05. The molecule has 0 saturated carbocycles. The van der Waals surface area contributed by atoms with E-state index in [2.05, 4.69) is 10.1 Å². The van der Waals surface area contributed by atoms with Gasteiger partial charge in [-0.25, -0.2) is 9.78 Å². The molecule has 3 rings (SSSR count). The first-order chi connectivity index (χ1) is 10.1. The van der Waals surface area contributed by atoms with Crippen molar-refractivity contribution in [2.75, 3.05) is 7.11 Å². The fourth-order valence-electron chi connectivity index (χ4n) is 2.11. The number of hydrogen-bond acceptors (Lipinski definition) is 6. The average Bonchev–Trinajstić information content (AvgIpc) is 3.17. The maximum atomic E-state index is 11.6. The molecule has 0 spiro atoms. The summed E-state index contributed by atoms with van der Waals surface area (Å²) in [5.41, 5.74) is 2.14. The molecule has 108 valence electrons. The summed E-state index contributed by atoms with van der Waals surface area (Å²) >= 11 is 1.59. The van der Waals surface area contributed by atoms with Gasteiger partial charge in [-0.05, 0) is 19.1 Å². The second-order valence-electron chi connectivity index (χ2n) is 4.45. The molecule has 7 heteroatoms. The maximum Gasteiger partial charge on any atom is 0.358 e. The van der Waals surface area contributed by atoms with Gasteiger partial charge in [0, 0.05) is 17.5 Å². The summed E-state index contributed by atoms with van der Waals surface area (Å²) < 4.78 is 11.7. The van der Waals surface area contributed by atoms with Crippen LogP contribution in [0.5, 0.6) is 0 Å². The number of ether oxygens (including phenoxy) is 1. The molecule has 0 aromatic carbocycles. The Morgan fingerprint density at radius 2 is 2.24 bits per heavy atom. The van der Waals surface area contributed by atoms with Crippen LogP contribution in [-0.4, -0.2) is 27.8 Å². The molecule has 0 radical (unpaired) electrons. The van der Waals surface area contributed by atoms with Gasteiger partial charge in [0.15, 0.2) is 5.69 Å². The highest BCUT2D eigenvalue weighted by atomic mass is 32.1. The zero-order chi connectivity index (χ0) is 15.0. The molecular formula is C14H13N3O3S. The average molecular weight is 303 g/mol. The van der Waals surface area contributed by atoms with E-state index in [4.69, 9.17) is 9.15 Å². The Morgan fingerprint density at radius 1 is 1.43 bits per heavy atom. The van der Waals surface area contributed by atoms with Crippen LogP contribution in [0.4, 0.5) is 0 Å². The van der Waals surface area contributed by atoms with E-state index < -0.39 is 5.97 Å². The van der Waals surface area contributed by atoms with Gasteiger partial charge in [0.05, 0.1) is 23.9 Å². The van der Waals surface area contributed by atoms with Crippen LogP contribution in [0, 0.1) is 6.92 Å². The van der Waals surface area contributed by atoms with Crippen molar-refractivity contribution in [3.63, 3.8) is 0 Å². The highest BCUT2D eigenvalue weighted by molar-refractivity contribution is 7.15. The third-order valence-corrected chi connectivity index (χ3v) is 4.15. The van der Waals surface area contributed by atoms with E-state index in [1.807, 2.05) is 13.0 Å². The van der Waals surface area contributed by atoms with E-state index in [0.717, 1.165) is 21.0 Å². The molecule has 0 N–H and O–H groups in total. The molecule has 3 aromatic rings. The Hall–Kier alpha value is -2.41. The number of aromatic nitrogens is 3. The van der Waals surface area contributed by atoms with Gasteiger partial charge < -0.3 is 9.15 Å². The van der Waals surface area contributed by atoms with E-state index in [9.17, 15) is 4.79 Å². The molecule has 0 bridgehead atoms. The van der Waals surface area contributed by atoms with Gasteiger partial charge in [-0.3, -0.25) is 4.68 Å². The van der Waals surface area contributed by atoms with Crippen molar-refractivity contribution in [2.24, 2.45) is 7.05 Å². The molecule has 6 nitrogen and oxygen atoms in total. The smallest absolute Gasteiger partial charge is 0.358 e. The zero-order valence-corrected chi connectivity index (χ0v) is 12.6. The predicted molar refractivity (Wildman–Crippen MR) is 78.1 cm³/mol. The molecular weight excluding hydrogens is 290 g/mol. The first kappa shape index (κ1) is 13.6. The van der Waals surface area contributed by atoms with E-state index in [1.165, 1.54) is 7.11 Å². The minimum Gasteiger partial charge on any atom is -0.464 e. The lowest BCUT2D eigenvalue weighted by atomic mass is 10.1. The van der Waals surface area contributed by atoms with E-state index >= 15 is 0 Å². The lowest BCUT2D eigenvalue weighted by Gasteiger charge is -1.99. The predicted octanol–water partition coefficient (Wildman–Crippen LogP) is 2.90. The summed E-state index contributed by atoms with van der Waals surface area (Å²) in [5.74, 6) is 0.141. The number of carbonyl (C=O) groups is 1. The molecule has 0 aliphatic carbocycles. The normalized spacial score (nSPS) is 10.8. The lowest BCUT2D eigenvalue weighted by molar-refractivity contribution is 0.0593. The minimum absolute atomic E-state index is 0.290. The summed E-state index contributed by atoms with van der Waals surface area (Å²) in [6.45, 7) is 2.01. The highest BCUT2D eigenvalue weighted by Crippen LogP contribution is 2.36. The molecule has 0 saturated heterocycles. The molecule has 0 aliphatic rings. The van der Waals surface area contributed by atoms with E-state index in [1.54, 1.807) is 41.6 Å². The molecule has 0 unspecified atom stereocenters. The Kier molecular flexibility index (Phi) is 3.34. The van der Waals surface area contributed by atoms with Crippen molar-refractivity contribution in [3.8, 4) is 22.0 Å². The van der Waals surface area contributed by atoms with E-state index in [0.29, 0.717) is 11.6 Å². The third-order valence-electron chi connectivity index (χ3n) is 3.11. The number of nitrogens with zero attached hydrogens (tertiary/aromatic N) is 3. The summed E-state index contributed by atoms with van der Waals surface area (Å²) in [4.78, 5) is 17.8. The summed E-state index contributed by atoms with van der Waals surface area (Å²) in [7, 11) is 3.14. The minimum atomic E-state index is -0.447. The van der Waals surface area contributed by atoms with Gasteiger partial charge in [0.25, 0.3) is 0 Å². The fraction of sp³-hybridized carbons (Fsp3) is 0.214. The number of aryl methyl sites for hydroxylation is 2. The largest absolute Gasteiger partial charge is 0.464 e. The van der Waals surface area contributed by atoms with Crippen molar-refractivity contribution in [1.82, 2.24) is 14.8 Å². The van der Waals surface area contributed by atoms with Gasteiger partial charge in [-0.2, -0.15) is 5.10 Å². The van der Waals surface area contributed by atoms with Crippen molar-refractivity contribution in [1.29, 1.82) is 0 Å². The number of hydrogen-bond donors (Lipinski definition) is 0. The number of thiophene rings is 1. The Labute approximate surface area is 125 Å². The second-order valence-corrected chi connectivity index (χ2v) is 5.70. The first-order valence-electron chi connectivity index (χ1n) is 6.23. The number of carbonyl (C=O) groups excluding carboxylic acids is 1. The van der Waals surface area contributed by atoms with Crippen molar-refractivity contribution in [3.05, 3.63) is 35.2 Å². The lowest BCUT2D eigenvalue weighted by Crippen LogP contribution is -2.02. The van der Waals surface area contributed by atoms with Crippen LogP contribution in [-0.2, 0) is 11.8 Å². The monoisotopic (exact) mass is 303 g/mol. The van der Waals surface area contributed by atoms with Crippen LogP contribution in [0.25, 0.3) is 22.0 Å². The molecule has 0 fully saturated rings. The number of oxazole rings is 1. The van der Waals surface area contributed by atoms with Gasteiger partial charge >= 0.3 is 5.97 Å². The van der Waals surface area contributed by atoms with Crippen LogP contribution >= 0.6 is 11.3 Å². The quantitative estimate of drug-likeness (QED) is 0.696. The zero-order valence-electron chi connectivity index (χ0n) is 11.8. The van der Waals surface area contributed by atoms with Crippen LogP contribution in [0.15, 0.2) is 29.0 Å². The summed E-state index contributed by atoms with van der Waals surface area (Å²) in [6.07, 6.45) is 3.16. The number of rotatable bonds is 3. The van der Waals surface area contributed by atoms with Crippen molar-refractivity contribution < 1.29 is 13.9 Å². The first-order valence-corrected chi connectivity index (χ1v) is 7.05. The van der Waals surface area contributed by atoms with Crippen LogP contribution in [0.3, 0.4) is 0 Å². The van der Waals surface area contributed by atoms with Crippen LogP contribution in [0.1, 0.15) is 15.4 Å². The Morgan fingerprint density at radius 3 is 2.90 bits per heavy atom. The van der Waals surface area contributed by atoms with Crippen molar-refractivity contribution >= 4 is 17.3 Å². The third kappa shape index (κ3) is 2.36. The molecule has 21 heavy (non-hydrogen) atoms. The SMILES string of the molecule is COC(=O)c1cc(-c2cc(-c3ncco3)sc2C)n(C)n1. The highest BCUT2D eigenvalue weighted by Gasteiger charge is 2.18. The Bertz CT molecular complexity index is 787. The van der Waals surface area contributed by atoms with Gasteiger partial charge in [-0.15, -0.1) is 11.3 Å². The van der Waals surface area contributed by atoms with E-state index in [-0.39, 0.29) is 0 Å². The summed E-state index contributed by atoms with van der Waals surface area (Å²) in [5, 5.41) is 4.18. The second kappa shape index (κ2) is 5.17. The number of esters is 1. The maximum absolute atomic E-state index is 11.6.